The van der Waals surface area contributed by atoms with Crippen LogP contribution >= 0.6 is 0 Å². The SMILES string of the molecule is CN=C(NCCNC(=O)c1ccc(OC)cc1)NCC(C)Oc1cccc(F)c1. The third-order valence-corrected chi connectivity index (χ3v) is 3.97. The van der Waals surface area contributed by atoms with Crippen molar-refractivity contribution in [2.75, 3.05) is 33.8 Å². The number of amides is 1. The van der Waals surface area contributed by atoms with E-state index in [1.165, 1.54) is 12.1 Å². The second kappa shape index (κ2) is 11.5. The molecular weight excluding hydrogens is 375 g/mol. The van der Waals surface area contributed by atoms with Crippen molar-refractivity contribution in [3.05, 3.63) is 59.9 Å². The molecule has 2 rings (SSSR count). The number of carbonyl (C=O) groups excluding carboxylic acids is 1. The van der Waals surface area contributed by atoms with E-state index in [0.717, 1.165) is 0 Å². The van der Waals surface area contributed by atoms with Gasteiger partial charge in [0.15, 0.2) is 5.96 Å². The summed E-state index contributed by atoms with van der Waals surface area (Å²) < 4.78 is 23.9. The summed E-state index contributed by atoms with van der Waals surface area (Å²) in [4.78, 5) is 16.2. The van der Waals surface area contributed by atoms with Crippen LogP contribution in [0.4, 0.5) is 4.39 Å². The maximum absolute atomic E-state index is 13.2. The van der Waals surface area contributed by atoms with Gasteiger partial charge in [0.05, 0.1) is 13.7 Å². The van der Waals surface area contributed by atoms with Crippen molar-refractivity contribution in [1.82, 2.24) is 16.0 Å². The molecule has 1 atom stereocenters. The highest BCUT2D eigenvalue weighted by molar-refractivity contribution is 5.94. The van der Waals surface area contributed by atoms with Crippen molar-refractivity contribution >= 4 is 11.9 Å². The number of methoxy groups -OCH3 is 1. The van der Waals surface area contributed by atoms with Gasteiger partial charge in [-0.25, -0.2) is 4.39 Å². The van der Waals surface area contributed by atoms with Gasteiger partial charge in [-0.15, -0.1) is 0 Å². The smallest absolute Gasteiger partial charge is 0.251 e. The summed E-state index contributed by atoms with van der Waals surface area (Å²) in [5, 5.41) is 9.07. The molecule has 0 radical (unpaired) electrons. The number of carbonyl (C=O) groups is 1. The first-order valence-electron chi connectivity index (χ1n) is 9.31. The summed E-state index contributed by atoms with van der Waals surface area (Å²) in [5.41, 5.74) is 0.566. The fourth-order valence-electron chi connectivity index (χ4n) is 2.48. The van der Waals surface area contributed by atoms with Crippen LogP contribution in [0.15, 0.2) is 53.5 Å². The number of nitrogens with zero attached hydrogens (tertiary/aromatic N) is 1. The van der Waals surface area contributed by atoms with Crippen LogP contribution in [0.3, 0.4) is 0 Å². The van der Waals surface area contributed by atoms with Crippen molar-refractivity contribution in [2.24, 2.45) is 4.99 Å². The minimum absolute atomic E-state index is 0.158. The Bertz CT molecular complexity index is 812. The van der Waals surface area contributed by atoms with Crippen LogP contribution in [0.1, 0.15) is 17.3 Å². The molecule has 0 saturated carbocycles. The molecule has 2 aromatic rings. The highest BCUT2D eigenvalue weighted by Crippen LogP contribution is 2.13. The van der Waals surface area contributed by atoms with E-state index in [1.807, 2.05) is 6.92 Å². The summed E-state index contributed by atoms with van der Waals surface area (Å²) in [7, 11) is 3.24. The third-order valence-electron chi connectivity index (χ3n) is 3.97. The molecule has 29 heavy (non-hydrogen) atoms. The Morgan fingerprint density at radius 2 is 1.79 bits per heavy atom. The second-order valence-corrected chi connectivity index (χ2v) is 6.25. The van der Waals surface area contributed by atoms with Gasteiger partial charge in [0.1, 0.15) is 23.4 Å². The monoisotopic (exact) mass is 402 g/mol. The van der Waals surface area contributed by atoms with Crippen LogP contribution in [0.25, 0.3) is 0 Å². The fourth-order valence-corrected chi connectivity index (χ4v) is 2.48. The van der Waals surface area contributed by atoms with Gasteiger partial charge in [0.25, 0.3) is 5.91 Å². The first-order chi connectivity index (χ1) is 14.0. The van der Waals surface area contributed by atoms with Gasteiger partial charge in [-0.1, -0.05) is 6.07 Å². The lowest BCUT2D eigenvalue weighted by molar-refractivity contribution is 0.0954. The average Bonchev–Trinajstić information content (AvgIpc) is 2.73. The lowest BCUT2D eigenvalue weighted by Gasteiger charge is -2.18. The van der Waals surface area contributed by atoms with Crippen molar-refractivity contribution in [3.63, 3.8) is 0 Å². The van der Waals surface area contributed by atoms with Gasteiger partial charge in [0.2, 0.25) is 0 Å². The van der Waals surface area contributed by atoms with Gasteiger partial charge in [-0.3, -0.25) is 9.79 Å². The number of guanidine groups is 1. The molecule has 0 saturated heterocycles. The van der Waals surface area contributed by atoms with Crippen molar-refractivity contribution in [2.45, 2.75) is 13.0 Å². The minimum Gasteiger partial charge on any atom is -0.497 e. The summed E-state index contributed by atoms with van der Waals surface area (Å²) in [6, 6.07) is 12.9. The topological polar surface area (TPSA) is 84.0 Å². The number of aliphatic imine (C=N–C) groups is 1. The zero-order valence-corrected chi connectivity index (χ0v) is 16.9. The molecule has 1 unspecified atom stereocenters. The number of halogens is 1. The normalized spacial score (nSPS) is 12.1. The van der Waals surface area contributed by atoms with Crippen LogP contribution in [0, 0.1) is 5.82 Å². The van der Waals surface area contributed by atoms with Gasteiger partial charge in [0, 0.05) is 31.8 Å². The van der Waals surface area contributed by atoms with E-state index in [2.05, 4.69) is 20.9 Å². The molecule has 0 spiro atoms. The lowest BCUT2D eigenvalue weighted by Crippen LogP contribution is -2.44. The number of hydrogen-bond acceptors (Lipinski definition) is 4. The Balaban J connectivity index is 1.67. The molecule has 156 valence electrons. The van der Waals surface area contributed by atoms with Crippen molar-refractivity contribution in [3.8, 4) is 11.5 Å². The minimum atomic E-state index is -0.336. The number of nitrogens with one attached hydrogen (secondary N) is 3. The number of benzene rings is 2. The Morgan fingerprint density at radius 1 is 1.07 bits per heavy atom. The fraction of sp³-hybridized carbons (Fsp3) is 0.333. The van der Waals surface area contributed by atoms with E-state index in [-0.39, 0.29) is 17.8 Å². The molecule has 2 aromatic carbocycles. The van der Waals surface area contributed by atoms with E-state index in [0.29, 0.717) is 42.7 Å². The van der Waals surface area contributed by atoms with Crippen LogP contribution in [-0.4, -0.2) is 51.8 Å². The zero-order valence-electron chi connectivity index (χ0n) is 16.9. The maximum Gasteiger partial charge on any atom is 0.251 e. The van der Waals surface area contributed by atoms with Gasteiger partial charge in [-0.05, 0) is 43.3 Å². The number of ether oxygens (including phenoxy) is 2. The highest BCUT2D eigenvalue weighted by atomic mass is 19.1. The average molecular weight is 402 g/mol. The quantitative estimate of drug-likeness (QED) is 0.340. The van der Waals surface area contributed by atoms with E-state index in [9.17, 15) is 9.18 Å². The first kappa shape index (κ1) is 22.0. The predicted molar refractivity (Wildman–Crippen MR) is 111 cm³/mol. The van der Waals surface area contributed by atoms with Crippen LogP contribution in [0.2, 0.25) is 0 Å². The molecule has 8 heteroatoms. The molecule has 0 fully saturated rings. The Morgan fingerprint density at radius 3 is 2.45 bits per heavy atom. The van der Waals surface area contributed by atoms with Gasteiger partial charge >= 0.3 is 0 Å². The first-order valence-corrected chi connectivity index (χ1v) is 9.31. The van der Waals surface area contributed by atoms with Crippen molar-refractivity contribution < 1.29 is 18.7 Å². The van der Waals surface area contributed by atoms with Crippen LogP contribution in [-0.2, 0) is 0 Å². The van der Waals surface area contributed by atoms with Crippen molar-refractivity contribution in [1.29, 1.82) is 0 Å². The second-order valence-electron chi connectivity index (χ2n) is 6.25. The third kappa shape index (κ3) is 7.69. The molecular formula is C21H27FN4O3. The standard InChI is InChI=1S/C21H27FN4O3/c1-15(29-19-6-4-5-17(22)13-19)14-26-21(23-2)25-12-11-24-20(27)16-7-9-18(28-3)10-8-16/h4-10,13,15H,11-12,14H2,1-3H3,(H,24,27)(H2,23,25,26). The largest absolute Gasteiger partial charge is 0.497 e. The molecule has 0 aliphatic rings. The molecule has 0 heterocycles. The van der Waals surface area contributed by atoms with Gasteiger partial charge < -0.3 is 25.4 Å². The Hall–Kier alpha value is -3.29. The molecule has 0 aliphatic heterocycles. The molecule has 7 nitrogen and oxygen atoms in total. The molecule has 0 aromatic heterocycles. The zero-order chi connectivity index (χ0) is 21.1. The molecule has 0 aliphatic carbocycles. The van der Waals surface area contributed by atoms with E-state index in [1.54, 1.807) is 50.6 Å². The predicted octanol–water partition coefficient (Wildman–Crippen LogP) is 2.20. The molecule has 1 amide bonds. The summed E-state index contributed by atoms with van der Waals surface area (Å²) >= 11 is 0. The van der Waals surface area contributed by atoms with E-state index < -0.39 is 0 Å². The maximum atomic E-state index is 13.2. The van der Waals surface area contributed by atoms with Crippen LogP contribution in [0.5, 0.6) is 11.5 Å². The highest BCUT2D eigenvalue weighted by Gasteiger charge is 2.07. The molecule has 3 N–H and O–H groups in total. The molecule has 0 bridgehead atoms. The Kier molecular flexibility index (Phi) is 8.75. The van der Waals surface area contributed by atoms with Crippen LogP contribution < -0.4 is 25.4 Å². The number of rotatable bonds is 9. The van der Waals surface area contributed by atoms with E-state index >= 15 is 0 Å². The van der Waals surface area contributed by atoms with E-state index in [4.69, 9.17) is 9.47 Å². The summed E-state index contributed by atoms with van der Waals surface area (Å²) in [6.45, 7) is 3.29. The summed E-state index contributed by atoms with van der Waals surface area (Å²) in [6.07, 6.45) is -0.190. The Labute approximate surface area is 170 Å². The van der Waals surface area contributed by atoms with Gasteiger partial charge in [-0.2, -0.15) is 0 Å². The summed E-state index contributed by atoms with van der Waals surface area (Å²) in [5.74, 6) is 1.27. The number of hydrogen-bond donors (Lipinski definition) is 3. The lowest BCUT2D eigenvalue weighted by atomic mass is 10.2.